The number of Topliss-reactive ketones (excluding diaryl/α,β-unsaturated/α-hetero) is 1. The maximum Gasteiger partial charge on any atom is 0.243 e. The summed E-state index contributed by atoms with van der Waals surface area (Å²) in [5, 5.41) is 17.3. The van der Waals surface area contributed by atoms with Crippen molar-refractivity contribution in [3.05, 3.63) is 58.6 Å². The third-order valence-electron chi connectivity index (χ3n) is 6.88. The van der Waals surface area contributed by atoms with Gasteiger partial charge in [-0.1, -0.05) is 43.3 Å². The smallest absolute Gasteiger partial charge is 0.243 e. The Morgan fingerprint density at radius 1 is 1.21 bits per heavy atom. The molecule has 4 rings (SSSR count). The summed E-state index contributed by atoms with van der Waals surface area (Å²) in [6.45, 7) is 9.08. The highest BCUT2D eigenvalue weighted by atomic mass is 32.1. The molecule has 1 aliphatic heterocycles. The van der Waals surface area contributed by atoms with Crippen LogP contribution in [-0.2, 0) is 14.4 Å². The van der Waals surface area contributed by atoms with Gasteiger partial charge in [0, 0.05) is 25.5 Å². The van der Waals surface area contributed by atoms with Crippen LogP contribution in [0.25, 0.3) is 10.4 Å². The van der Waals surface area contributed by atoms with Crippen LogP contribution >= 0.6 is 11.3 Å². The van der Waals surface area contributed by atoms with Gasteiger partial charge in [0.2, 0.25) is 11.8 Å². The van der Waals surface area contributed by atoms with E-state index in [0.29, 0.717) is 11.5 Å². The summed E-state index contributed by atoms with van der Waals surface area (Å²) >= 11 is 1.56. The van der Waals surface area contributed by atoms with E-state index in [2.05, 4.69) is 15.5 Å². The van der Waals surface area contributed by atoms with Gasteiger partial charge in [0.25, 0.3) is 0 Å². The first-order valence-electron chi connectivity index (χ1n) is 12.8. The average Bonchev–Trinajstić information content (AvgIpc) is 3.58. The molecule has 38 heavy (non-hydrogen) atoms. The highest BCUT2D eigenvalue weighted by Gasteiger charge is 2.43. The van der Waals surface area contributed by atoms with E-state index in [-0.39, 0.29) is 37.0 Å². The van der Waals surface area contributed by atoms with Crippen molar-refractivity contribution < 1.29 is 24.0 Å². The molecular formula is C28H34N4O5S. The second-order valence-corrected chi connectivity index (χ2v) is 11.2. The zero-order chi connectivity index (χ0) is 27.6. The average molecular weight is 539 g/mol. The summed E-state index contributed by atoms with van der Waals surface area (Å²) in [6, 6.07) is 8.00. The Labute approximate surface area is 226 Å². The molecule has 9 nitrogen and oxygen atoms in total. The minimum atomic E-state index is -0.864. The van der Waals surface area contributed by atoms with Crippen molar-refractivity contribution in [1.29, 1.82) is 0 Å². The Balaban J connectivity index is 1.55. The van der Waals surface area contributed by atoms with E-state index in [0.717, 1.165) is 21.7 Å². The standard InChI is InChI=1S/C28H34N4O5S/c1-15(2)25(24-10-16(3)31-37-24)28(36)32-13-21(34)12-23(32)27(35)30-22(11-17(4)33)19-6-8-20(9-7-19)26-18(5)29-14-38-26/h6-10,14-15,21-23,25,34H,11-13H2,1-5H3,(H,30,35)/t21-,22+,23?,25-/m1/s1. The summed E-state index contributed by atoms with van der Waals surface area (Å²) in [5.74, 6) is -1.07. The van der Waals surface area contributed by atoms with E-state index < -0.39 is 30.0 Å². The highest BCUT2D eigenvalue weighted by molar-refractivity contribution is 7.13. The molecule has 0 saturated carbocycles. The zero-order valence-electron chi connectivity index (χ0n) is 22.3. The van der Waals surface area contributed by atoms with Crippen molar-refractivity contribution in [2.75, 3.05) is 6.54 Å². The molecule has 1 aromatic carbocycles. The van der Waals surface area contributed by atoms with Crippen molar-refractivity contribution >= 4 is 28.9 Å². The van der Waals surface area contributed by atoms with Gasteiger partial charge in [-0.2, -0.15) is 0 Å². The number of aromatic nitrogens is 2. The third-order valence-corrected chi connectivity index (χ3v) is 7.86. The number of β-amino-alcohol motifs (C(OH)–C–C–N with tert-alkyl or cyclic N) is 1. The fourth-order valence-electron chi connectivity index (χ4n) is 5.00. The number of thiazole rings is 1. The van der Waals surface area contributed by atoms with Crippen LogP contribution in [0, 0.1) is 19.8 Å². The molecule has 2 aromatic heterocycles. The van der Waals surface area contributed by atoms with E-state index in [9.17, 15) is 19.5 Å². The Hall–Kier alpha value is -3.37. The lowest BCUT2D eigenvalue weighted by atomic mass is 9.91. The first-order chi connectivity index (χ1) is 18.0. The molecule has 2 amide bonds. The quantitative estimate of drug-likeness (QED) is 0.422. The molecular weight excluding hydrogens is 504 g/mol. The van der Waals surface area contributed by atoms with Gasteiger partial charge >= 0.3 is 0 Å². The molecule has 2 N–H and O–H groups in total. The summed E-state index contributed by atoms with van der Waals surface area (Å²) in [5.41, 5.74) is 5.21. The van der Waals surface area contributed by atoms with Crippen molar-refractivity contribution in [3.63, 3.8) is 0 Å². The highest BCUT2D eigenvalue weighted by Crippen LogP contribution is 2.32. The zero-order valence-corrected chi connectivity index (χ0v) is 23.1. The number of aryl methyl sites for hydroxylation is 2. The van der Waals surface area contributed by atoms with E-state index in [4.69, 9.17) is 4.52 Å². The topological polar surface area (TPSA) is 126 Å². The number of hydrogen-bond acceptors (Lipinski definition) is 8. The van der Waals surface area contributed by atoms with E-state index in [1.165, 1.54) is 11.8 Å². The number of likely N-dealkylation sites (tertiary alicyclic amines) is 1. The molecule has 0 spiro atoms. The van der Waals surface area contributed by atoms with Gasteiger partial charge in [-0.3, -0.25) is 14.4 Å². The first-order valence-corrected chi connectivity index (χ1v) is 13.6. The number of nitrogens with one attached hydrogen (secondary N) is 1. The maximum atomic E-state index is 13.7. The number of aliphatic hydroxyl groups is 1. The van der Waals surface area contributed by atoms with Crippen molar-refractivity contribution in [1.82, 2.24) is 20.4 Å². The SMILES string of the molecule is CC(=O)C[C@H](NC(=O)C1C[C@@H](O)CN1C(=O)[C@@H](c1cc(C)no1)C(C)C)c1ccc(-c2scnc2C)cc1. The first kappa shape index (κ1) is 27.7. The molecule has 0 radical (unpaired) electrons. The summed E-state index contributed by atoms with van der Waals surface area (Å²) in [6.07, 6.45) is -0.596. The number of carbonyl (C=O) groups is 3. The summed E-state index contributed by atoms with van der Waals surface area (Å²) in [4.78, 5) is 46.1. The number of ketones is 1. The van der Waals surface area contributed by atoms with E-state index in [1.807, 2.05) is 45.0 Å². The Morgan fingerprint density at radius 3 is 2.47 bits per heavy atom. The van der Waals surface area contributed by atoms with Crippen molar-refractivity contribution in [2.45, 2.75) is 71.6 Å². The van der Waals surface area contributed by atoms with Gasteiger partial charge in [-0.25, -0.2) is 4.98 Å². The van der Waals surface area contributed by atoms with E-state index in [1.54, 1.807) is 29.8 Å². The maximum absolute atomic E-state index is 13.7. The molecule has 1 unspecified atom stereocenters. The second kappa shape index (κ2) is 11.6. The summed E-state index contributed by atoms with van der Waals surface area (Å²) < 4.78 is 5.40. The number of benzene rings is 1. The molecule has 4 atom stereocenters. The monoisotopic (exact) mass is 538 g/mol. The molecule has 202 valence electrons. The largest absolute Gasteiger partial charge is 0.391 e. The van der Waals surface area contributed by atoms with Crippen LogP contribution in [0.3, 0.4) is 0 Å². The Morgan fingerprint density at radius 2 is 1.92 bits per heavy atom. The number of rotatable bonds is 9. The number of nitrogens with zero attached hydrogens (tertiary/aromatic N) is 3. The molecule has 0 bridgehead atoms. The van der Waals surface area contributed by atoms with Crippen LogP contribution in [0.5, 0.6) is 0 Å². The molecule has 0 aliphatic carbocycles. The fourth-order valence-corrected chi connectivity index (χ4v) is 5.81. The molecule has 1 aliphatic rings. The minimum absolute atomic E-state index is 0.0491. The second-order valence-electron chi connectivity index (χ2n) is 10.3. The third kappa shape index (κ3) is 6.02. The van der Waals surface area contributed by atoms with Crippen molar-refractivity contribution in [2.24, 2.45) is 5.92 Å². The van der Waals surface area contributed by atoms with Crippen LogP contribution in [0.15, 0.2) is 40.4 Å². The van der Waals surface area contributed by atoms with Gasteiger partial charge in [0.15, 0.2) is 0 Å². The van der Waals surface area contributed by atoms with Crippen LogP contribution in [-0.4, -0.2) is 56.4 Å². The Bertz CT molecular complexity index is 1300. The molecule has 1 saturated heterocycles. The van der Waals surface area contributed by atoms with Crippen LogP contribution in [0.1, 0.15) is 68.3 Å². The molecule has 10 heteroatoms. The number of amides is 2. The van der Waals surface area contributed by atoms with Gasteiger partial charge in [-0.05, 0) is 37.8 Å². The normalized spacial score (nSPS) is 19.0. The van der Waals surface area contributed by atoms with Gasteiger partial charge in [0.1, 0.15) is 23.5 Å². The minimum Gasteiger partial charge on any atom is -0.391 e. The van der Waals surface area contributed by atoms with Crippen LogP contribution in [0.2, 0.25) is 0 Å². The number of hydrogen-bond donors (Lipinski definition) is 2. The molecule has 1 fully saturated rings. The number of aliphatic hydroxyl groups excluding tert-OH is 1. The van der Waals surface area contributed by atoms with Gasteiger partial charge < -0.3 is 19.8 Å². The lowest BCUT2D eigenvalue weighted by molar-refractivity contribution is -0.141. The van der Waals surface area contributed by atoms with Crippen LogP contribution < -0.4 is 5.32 Å². The predicted octanol–water partition coefficient (Wildman–Crippen LogP) is 3.95. The number of carbonyl (C=O) groups excluding carboxylic acids is 3. The molecule has 3 heterocycles. The van der Waals surface area contributed by atoms with Gasteiger partial charge in [-0.15, -0.1) is 11.3 Å². The summed E-state index contributed by atoms with van der Waals surface area (Å²) in [7, 11) is 0. The predicted molar refractivity (Wildman–Crippen MR) is 143 cm³/mol. The fraction of sp³-hybridized carbons (Fsp3) is 0.464. The van der Waals surface area contributed by atoms with Gasteiger partial charge in [0.05, 0.1) is 33.9 Å². The van der Waals surface area contributed by atoms with E-state index >= 15 is 0 Å². The lowest BCUT2D eigenvalue weighted by Crippen LogP contribution is -2.49. The Kier molecular flexibility index (Phi) is 8.42. The van der Waals surface area contributed by atoms with Crippen molar-refractivity contribution in [3.8, 4) is 10.4 Å². The molecule has 3 aromatic rings. The van der Waals surface area contributed by atoms with Crippen LogP contribution in [0.4, 0.5) is 0 Å². The lowest BCUT2D eigenvalue weighted by Gasteiger charge is -2.30.